The van der Waals surface area contributed by atoms with Gasteiger partial charge in [-0.3, -0.25) is 5.43 Å². The highest BCUT2D eigenvalue weighted by Crippen LogP contribution is 2.27. The lowest BCUT2D eigenvalue weighted by molar-refractivity contribution is -0.0913. The summed E-state index contributed by atoms with van der Waals surface area (Å²) in [6, 6.07) is 21.9. The Bertz CT molecular complexity index is 587. The van der Waals surface area contributed by atoms with E-state index in [4.69, 9.17) is 4.74 Å². The van der Waals surface area contributed by atoms with Crippen molar-refractivity contribution >= 4 is 0 Å². The fourth-order valence-electron chi connectivity index (χ4n) is 3.28. The fraction of sp³-hybridized carbons (Fsp3) is 0.400. The smallest absolute Gasteiger partial charge is 0.0991 e. The van der Waals surface area contributed by atoms with Gasteiger partial charge in [-0.15, -0.1) is 0 Å². The largest absolute Gasteiger partial charge is 0.370 e. The van der Waals surface area contributed by atoms with Gasteiger partial charge in [-0.05, 0) is 31.4 Å². The Labute approximate surface area is 139 Å². The predicted octanol–water partition coefficient (Wildman–Crippen LogP) is 3.58. The van der Waals surface area contributed by atoms with Crippen molar-refractivity contribution in [2.24, 2.45) is 0 Å². The van der Waals surface area contributed by atoms with Gasteiger partial charge in [0.05, 0.1) is 18.8 Å². The lowest BCUT2D eigenvalue weighted by Crippen LogP contribution is -2.55. The Morgan fingerprint density at radius 1 is 1.09 bits per heavy atom. The Morgan fingerprint density at radius 3 is 2.43 bits per heavy atom. The number of nitrogens with one attached hydrogen (secondary N) is 1. The molecule has 0 bridgehead atoms. The molecule has 1 aliphatic rings. The summed E-state index contributed by atoms with van der Waals surface area (Å²) in [5, 5.41) is 2.34. The summed E-state index contributed by atoms with van der Waals surface area (Å²) >= 11 is 0. The van der Waals surface area contributed by atoms with Gasteiger partial charge in [0.25, 0.3) is 0 Å². The van der Waals surface area contributed by atoms with Gasteiger partial charge in [-0.2, -0.15) is 0 Å². The molecule has 122 valence electrons. The van der Waals surface area contributed by atoms with E-state index in [0.717, 1.165) is 19.6 Å². The monoisotopic (exact) mass is 310 g/mol. The second kappa shape index (κ2) is 7.73. The molecule has 0 spiro atoms. The van der Waals surface area contributed by atoms with Gasteiger partial charge < -0.3 is 4.74 Å². The Morgan fingerprint density at radius 2 is 1.74 bits per heavy atom. The minimum atomic E-state index is 0.126. The van der Waals surface area contributed by atoms with Gasteiger partial charge in [0.2, 0.25) is 0 Å². The van der Waals surface area contributed by atoms with E-state index < -0.39 is 0 Å². The number of benzene rings is 2. The molecule has 3 heteroatoms. The van der Waals surface area contributed by atoms with E-state index in [0.29, 0.717) is 12.1 Å². The van der Waals surface area contributed by atoms with Crippen molar-refractivity contribution in [3.63, 3.8) is 0 Å². The van der Waals surface area contributed by atoms with E-state index in [1.54, 1.807) is 0 Å². The lowest BCUT2D eigenvalue weighted by atomic mass is 10.0. The van der Waals surface area contributed by atoms with Crippen LogP contribution < -0.4 is 5.43 Å². The summed E-state index contributed by atoms with van der Waals surface area (Å²) in [5.41, 5.74) is 6.29. The normalized spacial score (nSPS) is 23.6. The first kappa shape index (κ1) is 16.2. The SMILES string of the molecule is C[C@@H]1[C@@H](c2ccccc2)OCCN1N[C@@H](C)Cc1ccccc1. The second-order valence-corrected chi connectivity index (χ2v) is 6.36. The third kappa shape index (κ3) is 4.20. The first-order valence-corrected chi connectivity index (χ1v) is 8.47. The van der Waals surface area contributed by atoms with Gasteiger partial charge in [-0.1, -0.05) is 60.7 Å². The van der Waals surface area contributed by atoms with Crippen molar-refractivity contribution in [1.29, 1.82) is 0 Å². The molecule has 0 saturated carbocycles. The molecule has 1 N–H and O–H groups in total. The van der Waals surface area contributed by atoms with Gasteiger partial charge >= 0.3 is 0 Å². The van der Waals surface area contributed by atoms with Crippen molar-refractivity contribution in [2.75, 3.05) is 13.2 Å². The highest BCUT2D eigenvalue weighted by molar-refractivity contribution is 5.19. The molecule has 23 heavy (non-hydrogen) atoms. The molecule has 0 amide bonds. The first-order chi connectivity index (χ1) is 11.2. The average Bonchev–Trinajstić information content (AvgIpc) is 2.58. The molecule has 3 nitrogen and oxygen atoms in total. The molecule has 1 heterocycles. The van der Waals surface area contributed by atoms with Crippen molar-refractivity contribution < 1.29 is 4.74 Å². The van der Waals surface area contributed by atoms with Crippen molar-refractivity contribution in [1.82, 2.24) is 10.4 Å². The van der Waals surface area contributed by atoms with Crippen LogP contribution in [0, 0.1) is 0 Å². The van der Waals surface area contributed by atoms with E-state index in [1.165, 1.54) is 11.1 Å². The zero-order chi connectivity index (χ0) is 16.1. The van der Waals surface area contributed by atoms with Gasteiger partial charge in [0.15, 0.2) is 0 Å². The van der Waals surface area contributed by atoms with Crippen LogP contribution in [0.2, 0.25) is 0 Å². The van der Waals surface area contributed by atoms with Crippen LogP contribution in [0.25, 0.3) is 0 Å². The van der Waals surface area contributed by atoms with Crippen LogP contribution in [0.3, 0.4) is 0 Å². The Kier molecular flexibility index (Phi) is 5.44. The summed E-state index contributed by atoms with van der Waals surface area (Å²) in [6.07, 6.45) is 1.15. The maximum absolute atomic E-state index is 6.02. The zero-order valence-electron chi connectivity index (χ0n) is 14.0. The molecule has 0 radical (unpaired) electrons. The summed E-state index contributed by atoms with van der Waals surface area (Å²) in [7, 11) is 0. The minimum Gasteiger partial charge on any atom is -0.370 e. The molecule has 0 aliphatic carbocycles. The van der Waals surface area contributed by atoms with Crippen LogP contribution in [-0.2, 0) is 11.2 Å². The number of ether oxygens (including phenoxy) is 1. The number of hydrazine groups is 1. The van der Waals surface area contributed by atoms with Crippen LogP contribution in [0.5, 0.6) is 0 Å². The predicted molar refractivity (Wildman–Crippen MR) is 94.0 cm³/mol. The summed E-state index contributed by atoms with van der Waals surface area (Å²) in [5.74, 6) is 0. The molecule has 2 aromatic carbocycles. The number of rotatable bonds is 5. The van der Waals surface area contributed by atoms with Crippen LogP contribution in [0.1, 0.15) is 31.1 Å². The van der Waals surface area contributed by atoms with Crippen molar-refractivity contribution in [3.05, 3.63) is 71.8 Å². The molecular formula is C20H26N2O. The molecule has 1 saturated heterocycles. The minimum absolute atomic E-state index is 0.126. The quantitative estimate of drug-likeness (QED) is 0.913. The van der Waals surface area contributed by atoms with Crippen LogP contribution in [0.15, 0.2) is 60.7 Å². The molecule has 1 aliphatic heterocycles. The van der Waals surface area contributed by atoms with E-state index in [1.807, 2.05) is 0 Å². The standard InChI is InChI=1S/C20H26N2O/c1-16(15-18-9-5-3-6-10-18)21-22-13-14-23-20(17(22)2)19-11-7-4-8-12-19/h3-12,16-17,20-21H,13-15H2,1-2H3/t16-,17+,20-/m0/s1. The summed E-state index contributed by atoms with van der Waals surface area (Å²) in [4.78, 5) is 0. The molecular weight excluding hydrogens is 284 g/mol. The van der Waals surface area contributed by atoms with Crippen LogP contribution in [0.4, 0.5) is 0 Å². The van der Waals surface area contributed by atoms with Crippen molar-refractivity contribution in [3.8, 4) is 0 Å². The van der Waals surface area contributed by atoms with E-state index in [-0.39, 0.29) is 6.10 Å². The zero-order valence-corrected chi connectivity index (χ0v) is 14.0. The highest BCUT2D eigenvalue weighted by Gasteiger charge is 2.30. The molecule has 1 fully saturated rings. The van der Waals surface area contributed by atoms with Gasteiger partial charge in [-0.25, -0.2) is 5.01 Å². The lowest BCUT2D eigenvalue weighted by Gasteiger charge is -2.41. The maximum atomic E-state index is 6.02. The number of morpholine rings is 1. The molecule has 0 aromatic heterocycles. The third-order valence-electron chi connectivity index (χ3n) is 4.46. The molecule has 3 rings (SSSR count). The van der Waals surface area contributed by atoms with Gasteiger partial charge in [0, 0.05) is 12.6 Å². The summed E-state index contributed by atoms with van der Waals surface area (Å²) in [6.45, 7) is 6.16. The van der Waals surface area contributed by atoms with Crippen molar-refractivity contribution in [2.45, 2.75) is 38.5 Å². The van der Waals surface area contributed by atoms with E-state index in [9.17, 15) is 0 Å². The van der Waals surface area contributed by atoms with Crippen LogP contribution >= 0.6 is 0 Å². The first-order valence-electron chi connectivity index (χ1n) is 8.47. The molecule has 3 atom stereocenters. The number of nitrogens with zero attached hydrogens (tertiary/aromatic N) is 1. The maximum Gasteiger partial charge on any atom is 0.0991 e. The third-order valence-corrected chi connectivity index (χ3v) is 4.46. The topological polar surface area (TPSA) is 24.5 Å². The van der Waals surface area contributed by atoms with E-state index in [2.05, 4.69) is 84.9 Å². The average molecular weight is 310 g/mol. The summed E-state index contributed by atoms with van der Waals surface area (Å²) < 4.78 is 6.02. The Hall–Kier alpha value is -1.68. The Balaban J connectivity index is 1.61. The number of hydrogen-bond acceptors (Lipinski definition) is 3. The number of hydrogen-bond donors (Lipinski definition) is 1. The molecule has 0 unspecified atom stereocenters. The molecule has 2 aromatic rings. The fourth-order valence-corrected chi connectivity index (χ4v) is 3.28. The second-order valence-electron chi connectivity index (χ2n) is 6.36. The van der Waals surface area contributed by atoms with E-state index >= 15 is 0 Å². The highest BCUT2D eigenvalue weighted by atomic mass is 16.5. The van der Waals surface area contributed by atoms with Gasteiger partial charge in [0.1, 0.15) is 0 Å². The van der Waals surface area contributed by atoms with Crippen LogP contribution in [-0.4, -0.2) is 30.2 Å².